The Morgan fingerprint density at radius 3 is 2.58 bits per heavy atom. The first kappa shape index (κ1) is 12.7. The number of ether oxygens (including phenoxy) is 1. The van der Waals surface area contributed by atoms with E-state index in [-0.39, 0.29) is 0 Å². The van der Waals surface area contributed by atoms with Crippen molar-refractivity contribution in [2.75, 3.05) is 13.2 Å². The lowest BCUT2D eigenvalue weighted by Gasteiger charge is -2.25. The predicted molar refractivity (Wildman–Crippen MR) is 78.1 cm³/mol. The van der Waals surface area contributed by atoms with Gasteiger partial charge >= 0.3 is 0 Å². The smallest absolute Gasteiger partial charge is 0.109 e. The number of rotatable bonds is 5. The van der Waals surface area contributed by atoms with E-state index in [0.717, 1.165) is 19.6 Å². The Morgan fingerprint density at radius 2 is 2.00 bits per heavy atom. The zero-order valence-electron chi connectivity index (χ0n) is 11.7. The summed E-state index contributed by atoms with van der Waals surface area (Å²) >= 11 is 0. The molecule has 19 heavy (non-hydrogen) atoms. The summed E-state index contributed by atoms with van der Waals surface area (Å²) in [6.07, 6.45) is 6.87. The molecule has 1 unspecified atom stereocenters. The molecule has 1 heterocycles. The molecule has 1 aromatic carbocycles. The van der Waals surface area contributed by atoms with Crippen LogP contribution >= 0.6 is 0 Å². The van der Waals surface area contributed by atoms with Gasteiger partial charge in [0.15, 0.2) is 0 Å². The highest BCUT2D eigenvalue weighted by molar-refractivity contribution is 5.33. The van der Waals surface area contributed by atoms with Gasteiger partial charge in [-0.2, -0.15) is 0 Å². The van der Waals surface area contributed by atoms with Crippen LogP contribution < -0.4 is 5.32 Å². The van der Waals surface area contributed by atoms with Gasteiger partial charge in [-0.25, -0.2) is 0 Å². The first-order chi connectivity index (χ1) is 9.38. The molecule has 0 bridgehead atoms. The van der Waals surface area contributed by atoms with Crippen LogP contribution in [0.4, 0.5) is 0 Å². The van der Waals surface area contributed by atoms with E-state index in [2.05, 4.69) is 42.6 Å². The Hall–Kier alpha value is -1.28. The molecule has 0 saturated heterocycles. The van der Waals surface area contributed by atoms with Crippen molar-refractivity contribution < 1.29 is 4.74 Å². The fourth-order valence-corrected chi connectivity index (χ4v) is 3.28. The number of hydrogen-bond donors (Lipinski definition) is 1. The number of benzene rings is 1. The molecular weight excluding hydrogens is 234 g/mol. The fraction of sp³-hybridized carbons (Fsp3) is 0.529. The van der Waals surface area contributed by atoms with Crippen molar-refractivity contribution >= 4 is 0 Å². The summed E-state index contributed by atoms with van der Waals surface area (Å²) in [4.78, 5) is 0. The van der Waals surface area contributed by atoms with Crippen molar-refractivity contribution in [2.24, 2.45) is 5.92 Å². The van der Waals surface area contributed by atoms with Crippen LogP contribution in [-0.2, 0) is 17.6 Å². The minimum atomic E-state index is 0.398. The minimum absolute atomic E-state index is 0.398. The summed E-state index contributed by atoms with van der Waals surface area (Å²) in [6.45, 7) is 4.15. The summed E-state index contributed by atoms with van der Waals surface area (Å²) < 4.78 is 5.82. The van der Waals surface area contributed by atoms with Crippen LogP contribution in [0.2, 0.25) is 0 Å². The lowest BCUT2D eigenvalue weighted by Crippen LogP contribution is -2.39. The van der Waals surface area contributed by atoms with Crippen molar-refractivity contribution in [1.82, 2.24) is 5.32 Å². The second-order valence-electron chi connectivity index (χ2n) is 5.61. The third kappa shape index (κ3) is 2.69. The molecular formula is C17H23NO. The molecule has 102 valence electrons. The van der Waals surface area contributed by atoms with Gasteiger partial charge in [-0.05, 0) is 48.9 Å². The minimum Gasteiger partial charge on any atom is -0.496 e. The predicted octanol–water partition coefficient (Wildman–Crippen LogP) is 3.07. The van der Waals surface area contributed by atoms with Crippen molar-refractivity contribution in [3.63, 3.8) is 0 Å². The Kier molecular flexibility index (Phi) is 3.88. The van der Waals surface area contributed by atoms with Gasteiger partial charge in [0.2, 0.25) is 0 Å². The number of fused-ring (bicyclic) bond motifs is 1. The molecule has 2 heteroatoms. The summed E-state index contributed by atoms with van der Waals surface area (Å²) in [5.74, 6) is 1.83. The molecule has 1 aromatic rings. The standard InChI is InChI=1S/C17H23NO/c1-2-9-18-17(16-8-5-10-19-16)15-11-13-6-3-4-7-14(13)12-15/h3-4,6-8,15,17-18H,2,5,9-12H2,1H3. The van der Waals surface area contributed by atoms with Crippen LogP contribution in [0, 0.1) is 5.92 Å². The first-order valence-corrected chi connectivity index (χ1v) is 7.51. The van der Waals surface area contributed by atoms with Gasteiger partial charge in [-0.3, -0.25) is 0 Å². The molecule has 2 nitrogen and oxygen atoms in total. The zero-order valence-corrected chi connectivity index (χ0v) is 11.7. The van der Waals surface area contributed by atoms with Gasteiger partial charge in [-0.1, -0.05) is 31.2 Å². The van der Waals surface area contributed by atoms with E-state index in [1.807, 2.05) is 0 Å². The van der Waals surface area contributed by atoms with E-state index in [9.17, 15) is 0 Å². The van der Waals surface area contributed by atoms with Crippen LogP contribution in [-0.4, -0.2) is 19.2 Å². The van der Waals surface area contributed by atoms with Crippen LogP contribution in [0.1, 0.15) is 30.9 Å². The van der Waals surface area contributed by atoms with Gasteiger partial charge < -0.3 is 10.1 Å². The fourth-order valence-electron chi connectivity index (χ4n) is 3.28. The lowest BCUT2D eigenvalue weighted by atomic mass is 9.94. The van der Waals surface area contributed by atoms with E-state index in [1.54, 1.807) is 0 Å². The molecule has 0 radical (unpaired) electrons. The Bertz CT molecular complexity index is 441. The van der Waals surface area contributed by atoms with Gasteiger partial charge in [-0.15, -0.1) is 0 Å². The lowest BCUT2D eigenvalue weighted by molar-refractivity contribution is 0.194. The van der Waals surface area contributed by atoms with Crippen LogP contribution in [0.15, 0.2) is 36.1 Å². The normalized spacial score (nSPS) is 19.9. The van der Waals surface area contributed by atoms with E-state index in [4.69, 9.17) is 4.74 Å². The van der Waals surface area contributed by atoms with Crippen molar-refractivity contribution in [3.05, 3.63) is 47.2 Å². The second-order valence-corrected chi connectivity index (χ2v) is 5.61. The largest absolute Gasteiger partial charge is 0.496 e. The maximum Gasteiger partial charge on any atom is 0.109 e. The molecule has 0 saturated carbocycles. The SMILES string of the molecule is CCCNC(C1=CCCO1)C1Cc2ccccc2C1. The Balaban J connectivity index is 1.74. The van der Waals surface area contributed by atoms with Crippen LogP contribution in [0.5, 0.6) is 0 Å². The highest BCUT2D eigenvalue weighted by atomic mass is 16.5. The maximum atomic E-state index is 5.82. The van der Waals surface area contributed by atoms with Crippen molar-refractivity contribution in [1.29, 1.82) is 0 Å². The van der Waals surface area contributed by atoms with Crippen molar-refractivity contribution in [2.45, 2.75) is 38.6 Å². The Labute approximate surface area is 115 Å². The van der Waals surface area contributed by atoms with E-state index in [0.29, 0.717) is 12.0 Å². The number of hydrogen-bond acceptors (Lipinski definition) is 2. The monoisotopic (exact) mass is 257 g/mol. The van der Waals surface area contributed by atoms with E-state index >= 15 is 0 Å². The summed E-state index contributed by atoms with van der Waals surface area (Å²) in [6, 6.07) is 9.25. The molecule has 0 spiro atoms. The topological polar surface area (TPSA) is 21.3 Å². The third-order valence-electron chi connectivity index (χ3n) is 4.21. The Morgan fingerprint density at radius 1 is 1.26 bits per heavy atom. The first-order valence-electron chi connectivity index (χ1n) is 7.51. The molecule has 1 aliphatic heterocycles. The van der Waals surface area contributed by atoms with Crippen LogP contribution in [0.25, 0.3) is 0 Å². The zero-order chi connectivity index (χ0) is 13.1. The van der Waals surface area contributed by atoms with Gasteiger partial charge in [0, 0.05) is 6.42 Å². The van der Waals surface area contributed by atoms with E-state index < -0.39 is 0 Å². The second kappa shape index (κ2) is 5.79. The quantitative estimate of drug-likeness (QED) is 0.875. The molecule has 1 atom stereocenters. The average Bonchev–Trinajstić information content (AvgIpc) is 3.08. The molecule has 0 aromatic heterocycles. The molecule has 0 amide bonds. The summed E-state index contributed by atoms with van der Waals surface area (Å²) in [5, 5.41) is 3.69. The third-order valence-corrected chi connectivity index (χ3v) is 4.21. The molecule has 2 aliphatic rings. The highest BCUT2D eigenvalue weighted by Crippen LogP contribution is 2.32. The maximum absolute atomic E-state index is 5.82. The number of nitrogens with one attached hydrogen (secondary N) is 1. The van der Waals surface area contributed by atoms with Gasteiger partial charge in [0.05, 0.1) is 12.6 Å². The molecule has 3 rings (SSSR count). The van der Waals surface area contributed by atoms with Crippen molar-refractivity contribution in [3.8, 4) is 0 Å². The average molecular weight is 257 g/mol. The summed E-state index contributed by atoms with van der Waals surface area (Å²) in [5.41, 5.74) is 3.05. The van der Waals surface area contributed by atoms with Gasteiger partial charge in [0.25, 0.3) is 0 Å². The highest BCUT2D eigenvalue weighted by Gasteiger charge is 2.32. The molecule has 1 N–H and O–H groups in total. The van der Waals surface area contributed by atoms with E-state index in [1.165, 1.54) is 36.1 Å². The van der Waals surface area contributed by atoms with Crippen LogP contribution in [0.3, 0.4) is 0 Å². The molecule has 0 fully saturated rings. The summed E-state index contributed by atoms with van der Waals surface area (Å²) in [7, 11) is 0. The molecule has 1 aliphatic carbocycles. The van der Waals surface area contributed by atoms with Gasteiger partial charge in [0.1, 0.15) is 5.76 Å².